The number of carbonyl (C=O) groups is 1. The summed E-state index contributed by atoms with van der Waals surface area (Å²) in [6.45, 7) is 1.87. The van der Waals surface area contributed by atoms with E-state index < -0.39 is 12.4 Å². The first-order chi connectivity index (χ1) is 6.13. The number of ether oxygens (including phenoxy) is 1. The van der Waals surface area contributed by atoms with Crippen molar-refractivity contribution in [2.75, 3.05) is 0 Å². The van der Waals surface area contributed by atoms with Crippen molar-refractivity contribution in [2.45, 2.75) is 19.6 Å². The van der Waals surface area contributed by atoms with Gasteiger partial charge in [-0.3, -0.25) is 0 Å². The predicted molar refractivity (Wildman–Crippen MR) is 44.0 cm³/mol. The molecule has 0 aliphatic carbocycles. The van der Waals surface area contributed by atoms with Crippen molar-refractivity contribution < 1.29 is 19.2 Å². The van der Waals surface area contributed by atoms with E-state index in [1.54, 1.807) is 17.1 Å². The molecule has 0 fully saturated rings. The Morgan fingerprint density at radius 3 is 2.85 bits per heavy atom. The van der Waals surface area contributed by atoms with Crippen LogP contribution >= 0.6 is 0 Å². The standard InChI is InChI=1S/C8H12N2O3/c1-3-7(13-8(11)12)10-5-4-9(2)6-10/h4-7H,3H2,1-2H3/p+1. The second-order valence-corrected chi connectivity index (χ2v) is 2.77. The lowest BCUT2D eigenvalue weighted by molar-refractivity contribution is -0.671. The van der Waals surface area contributed by atoms with Crippen molar-refractivity contribution in [3.8, 4) is 0 Å². The molecule has 1 atom stereocenters. The van der Waals surface area contributed by atoms with Crippen molar-refractivity contribution in [1.29, 1.82) is 0 Å². The molecule has 0 spiro atoms. The first-order valence-corrected chi connectivity index (χ1v) is 4.05. The van der Waals surface area contributed by atoms with Crippen LogP contribution in [0.4, 0.5) is 4.79 Å². The van der Waals surface area contributed by atoms with Crippen molar-refractivity contribution in [1.82, 2.24) is 4.57 Å². The van der Waals surface area contributed by atoms with E-state index in [4.69, 9.17) is 5.11 Å². The van der Waals surface area contributed by atoms with Gasteiger partial charge in [-0.05, 0) is 0 Å². The normalized spacial score (nSPS) is 12.5. The summed E-state index contributed by atoms with van der Waals surface area (Å²) in [6, 6.07) is 0. The molecule has 0 aromatic carbocycles. The first kappa shape index (κ1) is 9.57. The van der Waals surface area contributed by atoms with E-state index in [0.29, 0.717) is 6.42 Å². The Labute approximate surface area is 76.2 Å². The minimum atomic E-state index is -1.25. The van der Waals surface area contributed by atoms with Gasteiger partial charge >= 0.3 is 6.16 Å². The number of rotatable bonds is 3. The van der Waals surface area contributed by atoms with Crippen LogP contribution in [0.15, 0.2) is 18.7 Å². The van der Waals surface area contributed by atoms with Gasteiger partial charge in [-0.15, -0.1) is 0 Å². The molecule has 1 aromatic heterocycles. The maximum absolute atomic E-state index is 10.3. The second-order valence-electron chi connectivity index (χ2n) is 2.77. The summed E-state index contributed by atoms with van der Waals surface area (Å²) in [4.78, 5) is 10.3. The smallest absolute Gasteiger partial charge is 0.450 e. The van der Waals surface area contributed by atoms with Crippen molar-refractivity contribution >= 4 is 6.16 Å². The molecule has 0 aliphatic rings. The maximum atomic E-state index is 10.3. The molecule has 0 aliphatic heterocycles. The summed E-state index contributed by atoms with van der Waals surface area (Å²) < 4.78 is 8.21. The molecule has 1 unspecified atom stereocenters. The Kier molecular flexibility index (Phi) is 2.89. The number of carboxylic acid groups (broad SMARTS) is 1. The zero-order valence-electron chi connectivity index (χ0n) is 7.67. The molecule has 0 amide bonds. The summed E-state index contributed by atoms with van der Waals surface area (Å²) in [5.74, 6) is 0. The van der Waals surface area contributed by atoms with Gasteiger partial charge in [0.1, 0.15) is 12.4 Å². The number of hydrogen-bond acceptors (Lipinski definition) is 2. The summed E-state index contributed by atoms with van der Waals surface area (Å²) in [7, 11) is 1.87. The molecule has 72 valence electrons. The second kappa shape index (κ2) is 3.93. The van der Waals surface area contributed by atoms with Gasteiger partial charge in [0.15, 0.2) is 0 Å². The van der Waals surface area contributed by atoms with E-state index >= 15 is 0 Å². The van der Waals surface area contributed by atoms with Gasteiger partial charge in [0.05, 0.1) is 7.05 Å². The Balaban J connectivity index is 2.72. The fourth-order valence-electron chi connectivity index (χ4n) is 1.11. The van der Waals surface area contributed by atoms with E-state index in [9.17, 15) is 4.79 Å². The van der Waals surface area contributed by atoms with E-state index in [-0.39, 0.29) is 0 Å². The zero-order chi connectivity index (χ0) is 9.84. The third-order valence-corrected chi connectivity index (χ3v) is 1.71. The number of aromatic nitrogens is 2. The lowest BCUT2D eigenvalue weighted by Crippen LogP contribution is -2.25. The van der Waals surface area contributed by atoms with Crippen LogP contribution in [0, 0.1) is 0 Å². The van der Waals surface area contributed by atoms with Crippen LogP contribution in [0.3, 0.4) is 0 Å². The Hall–Kier alpha value is -1.52. The minimum absolute atomic E-state index is 0.432. The number of imidazole rings is 1. The van der Waals surface area contributed by atoms with Crippen LogP contribution in [0.5, 0.6) is 0 Å². The van der Waals surface area contributed by atoms with E-state index in [1.165, 1.54) is 0 Å². The molecule has 1 N–H and O–H groups in total. The number of aryl methyl sites for hydroxylation is 1. The van der Waals surface area contributed by atoms with Crippen LogP contribution in [0.25, 0.3) is 0 Å². The number of hydrogen-bond donors (Lipinski definition) is 1. The summed E-state index contributed by atoms with van der Waals surface area (Å²) in [5, 5.41) is 8.44. The van der Waals surface area contributed by atoms with Gasteiger partial charge in [0, 0.05) is 6.42 Å². The molecule has 1 aromatic rings. The van der Waals surface area contributed by atoms with Gasteiger partial charge in [-0.2, -0.15) is 4.57 Å². The van der Waals surface area contributed by atoms with Gasteiger partial charge in [0.25, 0.3) is 0 Å². The van der Waals surface area contributed by atoms with Crippen LogP contribution in [0.2, 0.25) is 0 Å². The third kappa shape index (κ3) is 2.47. The van der Waals surface area contributed by atoms with E-state index in [1.807, 2.05) is 24.7 Å². The largest absolute Gasteiger partial charge is 0.509 e. The molecule has 5 nitrogen and oxygen atoms in total. The summed E-state index contributed by atoms with van der Waals surface area (Å²) >= 11 is 0. The highest BCUT2D eigenvalue weighted by Crippen LogP contribution is 2.11. The molecule has 0 saturated carbocycles. The lowest BCUT2D eigenvalue weighted by atomic mass is 10.4. The lowest BCUT2D eigenvalue weighted by Gasteiger charge is -2.09. The van der Waals surface area contributed by atoms with Crippen LogP contribution < -0.4 is 4.57 Å². The molecule has 13 heavy (non-hydrogen) atoms. The van der Waals surface area contributed by atoms with Gasteiger partial charge in [0.2, 0.25) is 12.6 Å². The highest BCUT2D eigenvalue weighted by molar-refractivity contribution is 5.56. The average molecular weight is 185 g/mol. The van der Waals surface area contributed by atoms with Crippen LogP contribution in [0.1, 0.15) is 19.6 Å². The van der Waals surface area contributed by atoms with Crippen molar-refractivity contribution in [3.05, 3.63) is 18.7 Å². The van der Waals surface area contributed by atoms with Gasteiger partial charge < -0.3 is 9.84 Å². The highest BCUT2D eigenvalue weighted by Gasteiger charge is 2.17. The number of nitrogens with zero attached hydrogens (tertiary/aromatic N) is 2. The molecular weight excluding hydrogens is 172 g/mol. The Bertz CT molecular complexity index is 295. The topological polar surface area (TPSA) is 55.3 Å². The molecule has 1 heterocycles. The van der Waals surface area contributed by atoms with Gasteiger partial charge in [-0.1, -0.05) is 6.92 Å². The third-order valence-electron chi connectivity index (χ3n) is 1.71. The monoisotopic (exact) mass is 185 g/mol. The van der Waals surface area contributed by atoms with E-state index in [2.05, 4.69) is 4.74 Å². The Morgan fingerprint density at radius 2 is 2.46 bits per heavy atom. The minimum Gasteiger partial charge on any atom is -0.450 e. The summed E-state index contributed by atoms with van der Waals surface area (Å²) in [6.07, 6.45) is 4.31. The van der Waals surface area contributed by atoms with E-state index in [0.717, 1.165) is 0 Å². The fraction of sp³-hybridized carbons (Fsp3) is 0.500. The molecule has 5 heteroatoms. The molecule has 0 bridgehead atoms. The molecule has 0 radical (unpaired) electrons. The predicted octanol–water partition coefficient (Wildman–Crippen LogP) is 0.916. The maximum Gasteiger partial charge on any atom is 0.509 e. The molecule has 0 saturated heterocycles. The fourth-order valence-corrected chi connectivity index (χ4v) is 1.11. The quantitative estimate of drug-likeness (QED) is 0.562. The zero-order valence-corrected chi connectivity index (χ0v) is 7.67. The highest BCUT2D eigenvalue weighted by atomic mass is 16.7. The molecule has 1 rings (SSSR count). The average Bonchev–Trinajstić information content (AvgIpc) is 2.47. The summed E-state index contributed by atoms with van der Waals surface area (Å²) in [5.41, 5.74) is 0. The Morgan fingerprint density at radius 1 is 1.77 bits per heavy atom. The van der Waals surface area contributed by atoms with Crippen molar-refractivity contribution in [3.63, 3.8) is 0 Å². The first-order valence-electron chi connectivity index (χ1n) is 4.05. The van der Waals surface area contributed by atoms with Crippen LogP contribution in [-0.2, 0) is 11.8 Å². The molecular formula is C8H13N2O3+. The van der Waals surface area contributed by atoms with Gasteiger partial charge in [-0.25, -0.2) is 9.36 Å². The van der Waals surface area contributed by atoms with Crippen LogP contribution in [-0.4, -0.2) is 15.8 Å². The van der Waals surface area contributed by atoms with Crippen molar-refractivity contribution in [2.24, 2.45) is 7.05 Å². The SMILES string of the molecule is CCC(OC(=O)O)n1cc[n+](C)c1.